The number of likely N-dealkylation sites (tertiary alicyclic amines) is 1. The summed E-state index contributed by atoms with van der Waals surface area (Å²) < 4.78 is 43.0. The summed E-state index contributed by atoms with van der Waals surface area (Å²) in [6.45, 7) is 7.32. The molecule has 0 unspecified atom stereocenters. The van der Waals surface area contributed by atoms with Gasteiger partial charge in [0.2, 0.25) is 15.9 Å². The first-order chi connectivity index (χ1) is 27.6. The predicted octanol–water partition coefficient (Wildman–Crippen LogP) is 7.64. The monoisotopic (exact) mass is 787 g/mol. The zero-order valence-electron chi connectivity index (χ0n) is 32.7. The van der Waals surface area contributed by atoms with Gasteiger partial charge >= 0.3 is 0 Å². The summed E-state index contributed by atoms with van der Waals surface area (Å²) in [7, 11) is -3.96. The molecule has 2 aliphatic rings. The molecule has 0 bridgehead atoms. The fourth-order valence-electron chi connectivity index (χ4n) is 7.77. The maximum absolute atomic E-state index is 13.7. The molecule has 2 fully saturated rings. The van der Waals surface area contributed by atoms with E-state index in [2.05, 4.69) is 46.1 Å². The van der Waals surface area contributed by atoms with Crippen LogP contribution in [0.2, 0.25) is 0 Å². The van der Waals surface area contributed by atoms with E-state index in [0.29, 0.717) is 0 Å². The van der Waals surface area contributed by atoms with Crippen molar-refractivity contribution in [1.82, 2.24) is 14.9 Å². The number of hydrogen-bond acceptors (Lipinski definition) is 7. The molecule has 5 aromatic rings. The van der Waals surface area contributed by atoms with Gasteiger partial charge in [-0.25, -0.2) is 8.42 Å². The molecular formula is C47H53N3O6S. The highest BCUT2D eigenvalue weighted by Crippen LogP contribution is 2.42. The fraction of sp³-hybridized carbons (Fsp3) is 0.340. The smallest absolute Gasteiger partial charge is 0.241 e. The van der Waals surface area contributed by atoms with E-state index in [0.717, 1.165) is 64.1 Å². The van der Waals surface area contributed by atoms with E-state index >= 15 is 0 Å². The van der Waals surface area contributed by atoms with Gasteiger partial charge in [-0.1, -0.05) is 122 Å². The highest BCUT2D eigenvalue weighted by atomic mass is 32.2. The fourth-order valence-corrected chi connectivity index (χ4v) is 8.97. The van der Waals surface area contributed by atoms with Crippen LogP contribution in [0.5, 0.6) is 0 Å². The first kappa shape index (κ1) is 40.5. The van der Waals surface area contributed by atoms with Gasteiger partial charge in [-0.05, 0) is 96.9 Å². The van der Waals surface area contributed by atoms with Crippen LogP contribution < -0.4 is 10.0 Å². The zero-order chi connectivity index (χ0) is 39.8. The molecule has 2 saturated heterocycles. The predicted molar refractivity (Wildman–Crippen MR) is 222 cm³/mol. The van der Waals surface area contributed by atoms with Crippen LogP contribution in [0.25, 0.3) is 11.1 Å². The Morgan fingerprint density at radius 2 is 1.46 bits per heavy atom. The minimum Gasteiger partial charge on any atom is -0.392 e. The third-order valence-electron chi connectivity index (χ3n) is 11.1. The van der Waals surface area contributed by atoms with Gasteiger partial charge in [-0.2, -0.15) is 4.72 Å². The van der Waals surface area contributed by atoms with Crippen LogP contribution >= 0.6 is 0 Å². The molecule has 10 heteroatoms. The van der Waals surface area contributed by atoms with Crippen molar-refractivity contribution in [3.8, 4) is 11.1 Å². The van der Waals surface area contributed by atoms with E-state index in [4.69, 9.17) is 9.47 Å². The average Bonchev–Trinajstić information content (AvgIpc) is 3.24. The number of carbonyl (C=O) groups is 1. The number of benzene rings is 5. The molecule has 7 rings (SSSR count). The number of aryl methyl sites for hydroxylation is 1. The molecule has 3 N–H and O–H groups in total. The zero-order valence-corrected chi connectivity index (χ0v) is 33.5. The summed E-state index contributed by atoms with van der Waals surface area (Å²) in [5.74, 6) is -0.300. The van der Waals surface area contributed by atoms with Crippen molar-refractivity contribution in [3.63, 3.8) is 0 Å². The van der Waals surface area contributed by atoms with E-state index in [1.807, 2.05) is 85.8 Å². The van der Waals surface area contributed by atoms with Gasteiger partial charge in [-0.3, -0.25) is 4.79 Å². The summed E-state index contributed by atoms with van der Waals surface area (Å²) in [5, 5.41) is 12.6. The molecule has 2 aliphatic heterocycles. The lowest BCUT2D eigenvalue weighted by atomic mass is 9.89. The van der Waals surface area contributed by atoms with E-state index in [-0.39, 0.29) is 42.6 Å². The van der Waals surface area contributed by atoms with Gasteiger partial charge < -0.3 is 24.8 Å². The summed E-state index contributed by atoms with van der Waals surface area (Å²) in [5.41, 5.74) is 7.46. The Labute approximate surface area is 337 Å². The number of rotatable bonds is 14. The van der Waals surface area contributed by atoms with Gasteiger partial charge in [0.05, 0.1) is 23.7 Å². The second-order valence-corrected chi connectivity index (χ2v) is 17.1. The Morgan fingerprint density at radius 3 is 2.18 bits per heavy atom. The van der Waals surface area contributed by atoms with E-state index in [1.165, 1.54) is 19.3 Å². The summed E-state index contributed by atoms with van der Waals surface area (Å²) in [4.78, 5) is 16.3. The standard InChI is InChI=1S/C47H53N3O6S/c1-33-17-23-42(24-18-33)57(53,54)49-43(28-35-11-5-3-6-12-35)46(52)48-30-37-13-9-14-39(27-37)40-15-10-16-41(29-40)47-55-44(31-50-25-7-4-8-26-50)34(2)45(56-47)38-21-19-36(32-51)20-22-38/h3,5-6,9-24,27,29,34,43-45,47,49,51H,4,7-8,25-26,28,30-32H2,1-2H3,(H,48,52)/t34-,43+,44+,45+,47+/m0/s1. The lowest BCUT2D eigenvalue weighted by Gasteiger charge is -2.43. The third kappa shape index (κ3) is 10.4. The van der Waals surface area contributed by atoms with Gasteiger partial charge in [0.1, 0.15) is 6.04 Å². The number of sulfonamides is 1. The van der Waals surface area contributed by atoms with Crippen molar-refractivity contribution in [1.29, 1.82) is 0 Å². The maximum atomic E-state index is 13.7. The lowest BCUT2D eigenvalue weighted by Crippen LogP contribution is -2.47. The molecule has 5 atom stereocenters. The van der Waals surface area contributed by atoms with E-state index < -0.39 is 28.3 Å². The Hall–Kier alpha value is -4.68. The first-order valence-electron chi connectivity index (χ1n) is 20.0. The maximum Gasteiger partial charge on any atom is 0.241 e. The number of amides is 1. The molecular weight excluding hydrogens is 735 g/mol. The Kier molecular flexibility index (Phi) is 13.3. The number of carbonyl (C=O) groups excluding carboxylic acids is 1. The SMILES string of the molecule is Cc1ccc(S(=O)(=O)N[C@H](Cc2ccccc2)C(=O)NCc2cccc(-c3cccc([C@@H]4O[C@H](CN5CCCCC5)[C@H](C)[C@H](c5ccc(CO)cc5)O4)c3)c2)cc1. The molecule has 2 heterocycles. The number of ether oxygens (including phenoxy) is 2. The molecule has 0 saturated carbocycles. The number of nitrogens with zero attached hydrogens (tertiary/aromatic N) is 1. The molecule has 9 nitrogen and oxygen atoms in total. The molecule has 0 aromatic heterocycles. The van der Waals surface area contributed by atoms with Crippen LogP contribution in [0, 0.1) is 12.8 Å². The van der Waals surface area contributed by atoms with Gasteiger partial charge in [0, 0.05) is 24.6 Å². The first-order valence-corrected chi connectivity index (χ1v) is 21.5. The molecule has 0 aliphatic carbocycles. The van der Waals surface area contributed by atoms with Crippen LogP contribution in [0.15, 0.2) is 132 Å². The van der Waals surface area contributed by atoms with Crippen LogP contribution in [-0.4, -0.2) is 56.1 Å². The van der Waals surface area contributed by atoms with Crippen molar-refractivity contribution in [3.05, 3.63) is 161 Å². The Balaban J connectivity index is 1.07. The second-order valence-electron chi connectivity index (χ2n) is 15.4. The summed E-state index contributed by atoms with van der Waals surface area (Å²) in [6.07, 6.45) is 3.08. The van der Waals surface area contributed by atoms with Gasteiger partial charge in [0.25, 0.3) is 0 Å². The van der Waals surface area contributed by atoms with Crippen molar-refractivity contribution < 1.29 is 27.8 Å². The van der Waals surface area contributed by atoms with Crippen LogP contribution in [0.1, 0.15) is 72.0 Å². The quantitative estimate of drug-likeness (QED) is 0.106. The minimum atomic E-state index is -3.96. The highest BCUT2D eigenvalue weighted by molar-refractivity contribution is 7.89. The molecule has 1 amide bonds. The topological polar surface area (TPSA) is 117 Å². The molecule has 57 heavy (non-hydrogen) atoms. The number of nitrogens with one attached hydrogen (secondary N) is 2. The van der Waals surface area contributed by atoms with Crippen LogP contribution in [-0.2, 0) is 43.9 Å². The normalized spacial score (nSPS) is 20.8. The second kappa shape index (κ2) is 18.7. The van der Waals surface area contributed by atoms with Crippen molar-refractivity contribution in [2.24, 2.45) is 5.92 Å². The third-order valence-corrected chi connectivity index (χ3v) is 12.6. The molecule has 298 valence electrons. The number of aliphatic hydroxyl groups excluding tert-OH is 1. The van der Waals surface area contributed by atoms with Gasteiger partial charge in [0.15, 0.2) is 6.29 Å². The van der Waals surface area contributed by atoms with Gasteiger partial charge in [-0.15, -0.1) is 0 Å². The Morgan fingerprint density at radius 1 is 0.772 bits per heavy atom. The molecule has 0 radical (unpaired) electrons. The lowest BCUT2D eigenvalue weighted by molar-refractivity contribution is -0.276. The molecule has 5 aromatic carbocycles. The number of hydrogen-bond donors (Lipinski definition) is 3. The van der Waals surface area contributed by atoms with E-state index in [1.54, 1.807) is 24.3 Å². The Bertz CT molecular complexity index is 2190. The summed E-state index contributed by atoms with van der Waals surface area (Å²) in [6, 6.07) is 39.2. The van der Waals surface area contributed by atoms with Crippen molar-refractivity contribution >= 4 is 15.9 Å². The average molecular weight is 788 g/mol. The van der Waals surface area contributed by atoms with Crippen molar-refractivity contribution in [2.75, 3.05) is 19.6 Å². The largest absolute Gasteiger partial charge is 0.392 e. The van der Waals surface area contributed by atoms with Crippen LogP contribution in [0.3, 0.4) is 0 Å². The number of piperidine rings is 1. The molecule has 0 spiro atoms. The minimum absolute atomic E-state index is 0.00408. The number of aliphatic hydroxyl groups is 1. The van der Waals surface area contributed by atoms with Crippen LogP contribution in [0.4, 0.5) is 0 Å². The highest BCUT2D eigenvalue weighted by Gasteiger charge is 2.39. The van der Waals surface area contributed by atoms with Crippen molar-refractivity contribution in [2.45, 2.75) is 82.1 Å². The summed E-state index contributed by atoms with van der Waals surface area (Å²) >= 11 is 0. The van der Waals surface area contributed by atoms with E-state index in [9.17, 15) is 18.3 Å².